The van der Waals surface area contributed by atoms with Crippen LogP contribution in [-0.4, -0.2) is 19.5 Å². The lowest BCUT2D eigenvalue weighted by molar-refractivity contribution is -0.161. The minimum atomic E-state index is -0.00257. The maximum atomic E-state index is 5.80. The van der Waals surface area contributed by atoms with Gasteiger partial charge in [0.1, 0.15) is 12.4 Å². The highest BCUT2D eigenvalue weighted by atomic mass is 16.7. The van der Waals surface area contributed by atoms with Crippen molar-refractivity contribution in [3.63, 3.8) is 0 Å². The Morgan fingerprint density at radius 3 is 2.48 bits per heavy atom. The third kappa shape index (κ3) is 5.38. The standard InChI is InChI=1S/C20H24O3/c1-2-6-18(7-3-1)16-23-19-11-9-17(10-12-19)13-15-22-20-8-4-5-14-21-20/h1-3,6-7,9-12,20H,4-5,8,13-16H2. The van der Waals surface area contributed by atoms with Crippen LogP contribution in [0.5, 0.6) is 5.75 Å². The van der Waals surface area contributed by atoms with Crippen molar-refractivity contribution in [3.05, 3.63) is 65.7 Å². The first-order chi connectivity index (χ1) is 11.4. The van der Waals surface area contributed by atoms with E-state index in [9.17, 15) is 0 Å². The monoisotopic (exact) mass is 312 g/mol. The number of hydrogen-bond acceptors (Lipinski definition) is 3. The highest BCUT2D eigenvalue weighted by molar-refractivity contribution is 5.28. The zero-order chi connectivity index (χ0) is 15.7. The summed E-state index contributed by atoms with van der Waals surface area (Å²) in [4.78, 5) is 0. The topological polar surface area (TPSA) is 27.7 Å². The van der Waals surface area contributed by atoms with Gasteiger partial charge in [-0.1, -0.05) is 42.5 Å². The minimum Gasteiger partial charge on any atom is -0.489 e. The number of hydrogen-bond donors (Lipinski definition) is 0. The van der Waals surface area contributed by atoms with Crippen molar-refractivity contribution in [2.75, 3.05) is 13.2 Å². The Balaban J connectivity index is 1.40. The molecule has 0 N–H and O–H groups in total. The molecule has 0 saturated carbocycles. The molecule has 0 radical (unpaired) electrons. The second-order valence-electron chi connectivity index (χ2n) is 5.84. The average molecular weight is 312 g/mol. The molecule has 0 spiro atoms. The molecule has 3 rings (SSSR count). The van der Waals surface area contributed by atoms with Crippen LogP contribution in [0.1, 0.15) is 30.4 Å². The molecule has 1 heterocycles. The van der Waals surface area contributed by atoms with Gasteiger partial charge in [0.05, 0.1) is 6.61 Å². The first-order valence-corrected chi connectivity index (χ1v) is 8.39. The lowest BCUT2D eigenvalue weighted by Gasteiger charge is -2.22. The van der Waals surface area contributed by atoms with Gasteiger partial charge in [0, 0.05) is 6.61 Å². The van der Waals surface area contributed by atoms with Crippen molar-refractivity contribution >= 4 is 0 Å². The summed E-state index contributed by atoms with van der Waals surface area (Å²) < 4.78 is 17.1. The Kier molecular flexibility index (Phi) is 6.07. The van der Waals surface area contributed by atoms with Crippen molar-refractivity contribution in [2.45, 2.75) is 38.6 Å². The molecule has 1 saturated heterocycles. The summed E-state index contributed by atoms with van der Waals surface area (Å²) in [5.74, 6) is 0.897. The molecule has 1 aliphatic rings. The van der Waals surface area contributed by atoms with Gasteiger partial charge in [0.2, 0.25) is 0 Å². The highest BCUT2D eigenvalue weighted by Crippen LogP contribution is 2.16. The minimum absolute atomic E-state index is 0.00257. The van der Waals surface area contributed by atoms with Crippen LogP contribution in [0.15, 0.2) is 54.6 Å². The zero-order valence-electron chi connectivity index (χ0n) is 13.4. The molecule has 1 atom stereocenters. The van der Waals surface area contributed by atoms with Gasteiger partial charge in [-0.3, -0.25) is 0 Å². The molecule has 1 unspecified atom stereocenters. The zero-order valence-corrected chi connectivity index (χ0v) is 13.4. The predicted octanol–water partition coefficient (Wildman–Crippen LogP) is 4.35. The molecule has 0 bridgehead atoms. The van der Waals surface area contributed by atoms with Crippen LogP contribution < -0.4 is 4.74 Å². The van der Waals surface area contributed by atoms with Crippen LogP contribution in [0.2, 0.25) is 0 Å². The van der Waals surface area contributed by atoms with Crippen molar-refractivity contribution in [3.8, 4) is 5.75 Å². The Morgan fingerprint density at radius 1 is 0.913 bits per heavy atom. The van der Waals surface area contributed by atoms with Crippen LogP contribution in [0, 0.1) is 0 Å². The van der Waals surface area contributed by atoms with Crippen molar-refractivity contribution in [2.24, 2.45) is 0 Å². The third-order valence-corrected chi connectivity index (χ3v) is 4.00. The third-order valence-electron chi connectivity index (χ3n) is 4.00. The lowest BCUT2D eigenvalue weighted by atomic mass is 10.1. The van der Waals surface area contributed by atoms with Gasteiger partial charge < -0.3 is 14.2 Å². The van der Waals surface area contributed by atoms with Gasteiger partial charge in [0.25, 0.3) is 0 Å². The molecule has 2 aromatic carbocycles. The molecule has 3 nitrogen and oxygen atoms in total. The van der Waals surface area contributed by atoms with Crippen LogP contribution in [0.3, 0.4) is 0 Å². The normalized spacial score (nSPS) is 17.8. The largest absolute Gasteiger partial charge is 0.489 e. The fourth-order valence-electron chi connectivity index (χ4n) is 2.64. The number of ether oxygens (including phenoxy) is 3. The van der Waals surface area contributed by atoms with E-state index in [0.717, 1.165) is 31.6 Å². The Labute approximate surface area is 138 Å². The van der Waals surface area contributed by atoms with Gasteiger partial charge in [-0.25, -0.2) is 0 Å². The van der Waals surface area contributed by atoms with E-state index in [0.29, 0.717) is 13.2 Å². The van der Waals surface area contributed by atoms with Gasteiger partial charge in [-0.15, -0.1) is 0 Å². The van der Waals surface area contributed by atoms with E-state index in [2.05, 4.69) is 24.3 Å². The summed E-state index contributed by atoms with van der Waals surface area (Å²) in [7, 11) is 0. The molecule has 1 fully saturated rings. The van der Waals surface area contributed by atoms with E-state index in [1.807, 2.05) is 30.3 Å². The van der Waals surface area contributed by atoms with Gasteiger partial charge >= 0.3 is 0 Å². The van der Waals surface area contributed by atoms with Crippen molar-refractivity contribution in [1.29, 1.82) is 0 Å². The van der Waals surface area contributed by atoms with Gasteiger partial charge in [-0.05, 0) is 48.9 Å². The Morgan fingerprint density at radius 2 is 1.74 bits per heavy atom. The van der Waals surface area contributed by atoms with E-state index < -0.39 is 0 Å². The van der Waals surface area contributed by atoms with Crippen molar-refractivity contribution in [1.82, 2.24) is 0 Å². The fourth-order valence-corrected chi connectivity index (χ4v) is 2.64. The lowest BCUT2D eigenvalue weighted by Crippen LogP contribution is -2.23. The van der Waals surface area contributed by atoms with Crippen LogP contribution in [0.4, 0.5) is 0 Å². The molecule has 122 valence electrons. The molecule has 0 aliphatic carbocycles. The smallest absolute Gasteiger partial charge is 0.157 e. The summed E-state index contributed by atoms with van der Waals surface area (Å²) in [6.07, 6.45) is 4.28. The average Bonchev–Trinajstić information content (AvgIpc) is 2.63. The molecule has 1 aliphatic heterocycles. The van der Waals surface area contributed by atoms with Crippen LogP contribution >= 0.6 is 0 Å². The van der Waals surface area contributed by atoms with Crippen molar-refractivity contribution < 1.29 is 14.2 Å². The quantitative estimate of drug-likeness (QED) is 0.760. The predicted molar refractivity (Wildman–Crippen MR) is 90.5 cm³/mol. The molecule has 3 heteroatoms. The molecule has 0 aromatic heterocycles. The maximum Gasteiger partial charge on any atom is 0.157 e. The summed E-state index contributed by atoms with van der Waals surface area (Å²) in [5, 5.41) is 0. The van der Waals surface area contributed by atoms with E-state index in [1.165, 1.54) is 17.5 Å². The molecule has 23 heavy (non-hydrogen) atoms. The van der Waals surface area contributed by atoms with E-state index in [1.54, 1.807) is 0 Å². The van der Waals surface area contributed by atoms with Crippen LogP contribution in [-0.2, 0) is 22.5 Å². The second kappa shape index (κ2) is 8.70. The molecule has 2 aromatic rings. The highest BCUT2D eigenvalue weighted by Gasteiger charge is 2.13. The van der Waals surface area contributed by atoms with E-state index in [-0.39, 0.29) is 6.29 Å². The number of benzene rings is 2. The Bertz CT molecular complexity index is 559. The van der Waals surface area contributed by atoms with Gasteiger partial charge in [-0.2, -0.15) is 0 Å². The van der Waals surface area contributed by atoms with E-state index >= 15 is 0 Å². The summed E-state index contributed by atoms with van der Waals surface area (Å²) in [5.41, 5.74) is 2.44. The molecular formula is C20H24O3. The number of rotatable bonds is 7. The first kappa shape index (κ1) is 16.0. The van der Waals surface area contributed by atoms with Crippen LogP contribution in [0.25, 0.3) is 0 Å². The van der Waals surface area contributed by atoms with E-state index in [4.69, 9.17) is 14.2 Å². The second-order valence-corrected chi connectivity index (χ2v) is 5.84. The fraction of sp³-hybridized carbons (Fsp3) is 0.400. The SMILES string of the molecule is c1ccc(COc2ccc(CCOC3CCCCO3)cc2)cc1. The molecule has 0 amide bonds. The van der Waals surface area contributed by atoms with Gasteiger partial charge in [0.15, 0.2) is 6.29 Å². The maximum absolute atomic E-state index is 5.80. The molecular weight excluding hydrogens is 288 g/mol. The first-order valence-electron chi connectivity index (χ1n) is 8.39. The summed E-state index contributed by atoms with van der Waals surface area (Å²) in [6.45, 7) is 2.13. The Hall–Kier alpha value is -1.84. The summed E-state index contributed by atoms with van der Waals surface area (Å²) in [6, 6.07) is 18.5. The summed E-state index contributed by atoms with van der Waals surface area (Å²) >= 11 is 0.